The average Bonchev–Trinajstić information content (AvgIpc) is 3.96. The first-order valence-corrected chi connectivity index (χ1v) is 24.5. The van der Waals surface area contributed by atoms with E-state index in [4.69, 9.17) is 18.9 Å². The van der Waals surface area contributed by atoms with Crippen molar-refractivity contribution in [2.24, 2.45) is 0 Å². The quantitative estimate of drug-likeness (QED) is 0.106. The molecule has 8 nitrogen and oxygen atoms in total. The van der Waals surface area contributed by atoms with E-state index in [1.165, 1.54) is 0 Å². The molecule has 10 aromatic carbocycles. The van der Waals surface area contributed by atoms with Crippen LogP contribution in [-0.4, -0.2) is 32.6 Å². The summed E-state index contributed by atoms with van der Waals surface area (Å²) in [7, 11) is 0. The number of nitrogens with zero attached hydrogens (tertiary/aromatic N) is 2. The van der Waals surface area contributed by atoms with Gasteiger partial charge < -0.3 is 38.3 Å². The van der Waals surface area contributed by atoms with Crippen LogP contribution in [0.15, 0.2) is 218 Å². The zero-order chi connectivity index (χ0) is 49.4. The van der Waals surface area contributed by atoms with Gasteiger partial charge in [-0.2, -0.15) is 0 Å². The van der Waals surface area contributed by atoms with Gasteiger partial charge in [0.25, 0.3) is 0 Å². The molecule has 0 aliphatic rings. The molecule has 0 bridgehead atoms. The normalized spacial score (nSPS) is 11.3. The van der Waals surface area contributed by atoms with Crippen LogP contribution in [-0.2, 0) is 0 Å². The summed E-state index contributed by atoms with van der Waals surface area (Å²) in [6.07, 6.45) is 0.516. The SMILES string of the molecule is C.Cc1cc(-c2cc(Oc3ccccc3)ccc2OCCCOc2ccc(Oc3ccccc3)cc2-c2cc(C)cc(-n3c4ccccc4c4ccccc43)c2O)c(O)c(-n2c3ccccc3c3ccccc32)c1. The van der Waals surface area contributed by atoms with E-state index in [9.17, 15) is 10.2 Å². The number of hydrogen-bond acceptors (Lipinski definition) is 6. The number of aryl methyl sites for hydroxylation is 2. The number of fused-ring (bicyclic) bond motifs is 6. The van der Waals surface area contributed by atoms with Crippen LogP contribution in [0.25, 0.3) is 77.2 Å². The van der Waals surface area contributed by atoms with Gasteiger partial charge in [-0.05, 0) is 134 Å². The Morgan fingerprint density at radius 1 is 0.351 bits per heavy atom. The van der Waals surface area contributed by atoms with Gasteiger partial charge in [-0.3, -0.25) is 0 Å². The number of ether oxygens (including phenoxy) is 4. The minimum atomic E-state index is 0. The molecule has 2 heterocycles. The first kappa shape index (κ1) is 47.0. The largest absolute Gasteiger partial charge is 0.505 e. The third-order valence-corrected chi connectivity index (χ3v) is 13.4. The average molecular weight is 971 g/mol. The standard InChI is InChI=1S/C65H50N2O6.CH4/c1-42-36-54(64(68)60(38-42)66-56-26-13-9-22-48(56)49-23-10-14-27-57(49)66)52-40-46(72-44-18-5-3-6-19-44)30-32-62(52)70-34-17-35-71-63-33-31-47(73-45-20-7-4-8-21-45)41-53(63)55-37-43(2)39-61(65(55)69)67-58-28-15-11-24-50(58)51-25-12-16-29-59(51)67;/h3-16,18-33,36-41,68-69H,17,34-35H2,1-2H3;1H4. The van der Waals surface area contributed by atoms with E-state index < -0.39 is 0 Å². The minimum Gasteiger partial charge on any atom is -0.505 e. The van der Waals surface area contributed by atoms with Gasteiger partial charge in [-0.25, -0.2) is 0 Å². The summed E-state index contributed by atoms with van der Waals surface area (Å²) in [4.78, 5) is 0. The highest BCUT2D eigenvalue weighted by atomic mass is 16.5. The lowest BCUT2D eigenvalue weighted by Crippen LogP contribution is -2.07. The highest BCUT2D eigenvalue weighted by Gasteiger charge is 2.23. The van der Waals surface area contributed by atoms with Gasteiger partial charge in [-0.15, -0.1) is 0 Å². The van der Waals surface area contributed by atoms with E-state index in [-0.39, 0.29) is 18.9 Å². The van der Waals surface area contributed by atoms with Crippen molar-refractivity contribution in [1.29, 1.82) is 0 Å². The van der Waals surface area contributed by atoms with Crippen molar-refractivity contribution in [2.45, 2.75) is 27.7 Å². The lowest BCUT2D eigenvalue weighted by Gasteiger charge is -2.19. The Hall–Kier alpha value is -9.40. The molecule has 0 atom stereocenters. The van der Waals surface area contributed by atoms with Gasteiger partial charge in [0.1, 0.15) is 46.0 Å². The Bertz CT molecular complexity index is 3640. The third-order valence-electron chi connectivity index (χ3n) is 13.4. The van der Waals surface area contributed by atoms with Crippen LogP contribution in [0.5, 0.6) is 46.0 Å². The Balaban J connectivity index is 0.00000588. The third kappa shape index (κ3) is 8.77. The van der Waals surface area contributed by atoms with Crippen LogP contribution in [0.3, 0.4) is 0 Å². The number of aromatic hydroxyl groups is 2. The number of aromatic nitrogens is 2. The molecular formula is C66H54N2O6. The van der Waals surface area contributed by atoms with Crippen molar-refractivity contribution in [2.75, 3.05) is 13.2 Å². The van der Waals surface area contributed by atoms with Gasteiger partial charge in [0, 0.05) is 50.2 Å². The fraction of sp³-hybridized carbons (Fsp3) is 0.0909. The smallest absolute Gasteiger partial charge is 0.147 e. The maximum atomic E-state index is 12.5. The number of hydrogen-bond donors (Lipinski definition) is 2. The molecule has 2 N–H and O–H groups in total. The second-order valence-electron chi connectivity index (χ2n) is 18.3. The number of phenolic OH excluding ortho intramolecular Hbond substituents is 2. The van der Waals surface area contributed by atoms with Crippen LogP contribution in [0, 0.1) is 13.8 Å². The Kier molecular flexibility index (Phi) is 12.7. The highest BCUT2D eigenvalue weighted by molar-refractivity contribution is 6.10. The number of rotatable bonds is 14. The Morgan fingerprint density at radius 3 is 1.05 bits per heavy atom. The Labute approximate surface area is 430 Å². The molecule has 8 heteroatoms. The summed E-state index contributed by atoms with van der Waals surface area (Å²) in [5, 5.41) is 29.3. The highest BCUT2D eigenvalue weighted by Crippen LogP contribution is 2.47. The molecule has 0 aliphatic heterocycles. The summed E-state index contributed by atoms with van der Waals surface area (Å²) >= 11 is 0. The monoisotopic (exact) mass is 970 g/mol. The van der Waals surface area contributed by atoms with Crippen LogP contribution < -0.4 is 18.9 Å². The van der Waals surface area contributed by atoms with E-state index >= 15 is 0 Å². The van der Waals surface area contributed by atoms with Crippen molar-refractivity contribution in [3.63, 3.8) is 0 Å². The molecule has 2 aromatic heterocycles. The second kappa shape index (κ2) is 20.0. The van der Waals surface area contributed by atoms with Crippen molar-refractivity contribution >= 4 is 43.6 Å². The molecule has 0 unspecified atom stereocenters. The summed E-state index contributed by atoms with van der Waals surface area (Å²) in [5.74, 6) is 4.00. The summed E-state index contributed by atoms with van der Waals surface area (Å²) < 4.78 is 30.3. The predicted molar refractivity (Wildman–Crippen MR) is 301 cm³/mol. The van der Waals surface area contributed by atoms with Gasteiger partial charge in [-0.1, -0.05) is 117 Å². The number of phenols is 2. The molecule has 0 fully saturated rings. The Morgan fingerprint density at radius 2 is 0.689 bits per heavy atom. The van der Waals surface area contributed by atoms with Gasteiger partial charge >= 0.3 is 0 Å². The molecule has 0 saturated heterocycles. The minimum absolute atomic E-state index is 0. The number of benzene rings is 10. The predicted octanol–water partition coefficient (Wildman–Crippen LogP) is 17.3. The van der Waals surface area contributed by atoms with Crippen LogP contribution in [0.4, 0.5) is 0 Å². The molecule has 0 aliphatic carbocycles. The topological polar surface area (TPSA) is 87.2 Å². The van der Waals surface area contributed by atoms with E-state index in [0.717, 1.165) is 54.7 Å². The van der Waals surface area contributed by atoms with E-state index in [2.05, 4.69) is 57.7 Å². The lowest BCUT2D eigenvalue weighted by molar-refractivity contribution is 0.248. The molecule has 0 saturated carbocycles. The van der Waals surface area contributed by atoms with Crippen molar-refractivity contribution < 1.29 is 29.2 Å². The lowest BCUT2D eigenvalue weighted by atomic mass is 9.99. The van der Waals surface area contributed by atoms with Crippen molar-refractivity contribution in [1.82, 2.24) is 9.13 Å². The number of para-hydroxylation sites is 6. The van der Waals surface area contributed by atoms with Crippen LogP contribution in [0.1, 0.15) is 25.0 Å². The van der Waals surface area contributed by atoms with Crippen molar-refractivity contribution in [3.8, 4) is 79.6 Å². The molecule has 0 amide bonds. The summed E-state index contributed by atoms with van der Waals surface area (Å²) in [6, 6.07) is 71.8. The maximum absolute atomic E-state index is 12.5. The molecule has 74 heavy (non-hydrogen) atoms. The van der Waals surface area contributed by atoms with Crippen molar-refractivity contribution in [3.05, 3.63) is 230 Å². The van der Waals surface area contributed by atoms with Gasteiger partial charge in [0.05, 0.1) is 46.7 Å². The van der Waals surface area contributed by atoms with E-state index in [1.54, 1.807) is 0 Å². The maximum Gasteiger partial charge on any atom is 0.147 e. The molecular weight excluding hydrogens is 917 g/mol. The molecule has 12 aromatic rings. The van der Waals surface area contributed by atoms with Crippen LogP contribution in [0.2, 0.25) is 0 Å². The van der Waals surface area contributed by atoms with Gasteiger partial charge in [0.2, 0.25) is 0 Å². The molecule has 0 spiro atoms. The molecule has 364 valence electrons. The van der Waals surface area contributed by atoms with Crippen LogP contribution >= 0.6 is 0 Å². The first-order valence-electron chi connectivity index (χ1n) is 24.5. The molecule has 12 rings (SSSR count). The molecule has 0 radical (unpaired) electrons. The zero-order valence-electron chi connectivity index (χ0n) is 40.3. The first-order chi connectivity index (χ1) is 35.9. The second-order valence-corrected chi connectivity index (χ2v) is 18.3. The summed E-state index contributed by atoms with van der Waals surface area (Å²) in [6.45, 7) is 4.68. The summed E-state index contributed by atoms with van der Waals surface area (Å²) in [5.41, 5.74) is 9.85. The van der Waals surface area contributed by atoms with E-state index in [0.29, 0.717) is 87.8 Å². The zero-order valence-corrected chi connectivity index (χ0v) is 40.3. The fourth-order valence-electron chi connectivity index (χ4n) is 10.1. The fourth-order valence-corrected chi connectivity index (χ4v) is 10.1. The van der Waals surface area contributed by atoms with E-state index in [1.807, 2.05) is 184 Å². The van der Waals surface area contributed by atoms with Gasteiger partial charge in [0.15, 0.2) is 0 Å².